The largest absolute Gasteiger partial charge is 0.508 e. The van der Waals surface area contributed by atoms with Gasteiger partial charge in [-0.1, -0.05) is 42.0 Å². The van der Waals surface area contributed by atoms with Gasteiger partial charge in [0.15, 0.2) is 0 Å². The second-order valence-electron chi connectivity index (χ2n) is 10.1. The summed E-state index contributed by atoms with van der Waals surface area (Å²) in [6.45, 7) is 8.86. The van der Waals surface area contributed by atoms with E-state index in [1.807, 2.05) is 38.1 Å². The first-order valence-corrected chi connectivity index (χ1v) is 12.4. The topological polar surface area (TPSA) is 102 Å². The maximum Gasteiger partial charge on any atom is 0.251 e. The predicted molar refractivity (Wildman–Crippen MR) is 143 cm³/mol. The molecule has 1 amide bonds. The maximum atomic E-state index is 12.7. The molecule has 0 fully saturated rings. The van der Waals surface area contributed by atoms with Crippen molar-refractivity contribution >= 4 is 5.91 Å². The van der Waals surface area contributed by atoms with Crippen LogP contribution in [0.5, 0.6) is 5.75 Å². The van der Waals surface area contributed by atoms with Gasteiger partial charge in [-0.05, 0) is 87.1 Å². The maximum absolute atomic E-state index is 12.7. The zero-order valence-corrected chi connectivity index (χ0v) is 21.6. The molecule has 0 saturated carbocycles. The first kappa shape index (κ1) is 27.4. The number of aryl methyl sites for hydroxylation is 2. The molecule has 0 heterocycles. The van der Waals surface area contributed by atoms with Crippen molar-refractivity contribution in [2.24, 2.45) is 0 Å². The van der Waals surface area contributed by atoms with E-state index < -0.39 is 6.10 Å². The monoisotopic (exact) mass is 490 g/mol. The third kappa shape index (κ3) is 7.65. The molecule has 0 spiro atoms. The lowest BCUT2D eigenvalue weighted by atomic mass is 9.93. The van der Waals surface area contributed by atoms with Gasteiger partial charge in [-0.3, -0.25) is 4.79 Å². The van der Waals surface area contributed by atoms with Gasteiger partial charge in [-0.15, -0.1) is 0 Å². The summed E-state index contributed by atoms with van der Waals surface area (Å²) in [5.41, 5.74) is 6.04. The fourth-order valence-electron chi connectivity index (χ4n) is 4.36. The van der Waals surface area contributed by atoms with E-state index in [4.69, 9.17) is 0 Å². The Morgan fingerprint density at radius 1 is 1.00 bits per heavy atom. The van der Waals surface area contributed by atoms with E-state index in [2.05, 4.69) is 42.7 Å². The quantitative estimate of drug-likeness (QED) is 0.278. The van der Waals surface area contributed by atoms with E-state index in [1.54, 1.807) is 12.1 Å². The van der Waals surface area contributed by atoms with Gasteiger partial charge in [-0.25, -0.2) is 0 Å². The number of benzene rings is 3. The van der Waals surface area contributed by atoms with Gasteiger partial charge in [0, 0.05) is 29.8 Å². The Balaban J connectivity index is 1.54. The Kier molecular flexibility index (Phi) is 9.26. The Morgan fingerprint density at radius 3 is 2.50 bits per heavy atom. The molecule has 3 aromatic carbocycles. The number of β-amino-alcohol motifs (C(OH)–C–C–N with tert-alkyl or cyclic N) is 1. The van der Waals surface area contributed by atoms with Crippen LogP contribution in [0.3, 0.4) is 0 Å². The molecule has 36 heavy (non-hydrogen) atoms. The molecule has 6 heteroatoms. The third-order valence-corrected chi connectivity index (χ3v) is 6.45. The van der Waals surface area contributed by atoms with E-state index in [0.29, 0.717) is 36.2 Å². The van der Waals surface area contributed by atoms with Crippen molar-refractivity contribution in [3.05, 3.63) is 99.6 Å². The second-order valence-corrected chi connectivity index (χ2v) is 10.1. The van der Waals surface area contributed by atoms with Crippen LogP contribution < -0.4 is 10.6 Å². The highest BCUT2D eigenvalue weighted by atomic mass is 16.3. The Morgan fingerprint density at radius 2 is 1.78 bits per heavy atom. The van der Waals surface area contributed by atoms with Crippen molar-refractivity contribution in [3.8, 4) is 5.75 Å². The van der Waals surface area contributed by atoms with Crippen LogP contribution >= 0.6 is 0 Å². The molecular formula is C30H38N2O4. The molecule has 3 rings (SSSR count). The van der Waals surface area contributed by atoms with Gasteiger partial charge < -0.3 is 26.0 Å². The lowest BCUT2D eigenvalue weighted by molar-refractivity contribution is 0.0954. The SMILES string of the molecule is Cc1ccc(CCNC(=O)c2cccc(CC(C)(C)NC[C@H](O)c3ccc(O)c(CO)c3)c2)c(C)c1. The van der Waals surface area contributed by atoms with Crippen LogP contribution in [-0.4, -0.2) is 39.9 Å². The number of phenols is 1. The van der Waals surface area contributed by atoms with Crippen molar-refractivity contribution in [1.82, 2.24) is 10.6 Å². The van der Waals surface area contributed by atoms with Crippen molar-refractivity contribution in [2.45, 2.75) is 58.8 Å². The lowest BCUT2D eigenvalue weighted by Gasteiger charge is -2.28. The summed E-state index contributed by atoms with van der Waals surface area (Å²) in [6, 6.07) is 18.7. The summed E-state index contributed by atoms with van der Waals surface area (Å²) in [7, 11) is 0. The molecule has 0 aliphatic rings. The van der Waals surface area contributed by atoms with E-state index in [0.717, 1.165) is 12.0 Å². The number of aliphatic hydroxyl groups is 2. The standard InChI is InChI=1S/C30H38N2O4/c1-20-8-9-23(21(2)14-20)12-13-31-29(36)25-7-5-6-22(15-25)17-30(3,4)32-18-28(35)24-10-11-27(34)26(16-24)19-33/h5-11,14-16,28,32-35H,12-13,17-19H2,1-4H3,(H,31,36)/t28-/m0/s1. The average Bonchev–Trinajstić information content (AvgIpc) is 2.84. The van der Waals surface area contributed by atoms with Crippen LogP contribution in [0.15, 0.2) is 60.7 Å². The number of nitrogens with one attached hydrogen (secondary N) is 2. The molecule has 0 aliphatic heterocycles. The van der Waals surface area contributed by atoms with Crippen LogP contribution in [-0.2, 0) is 19.4 Å². The molecule has 0 bridgehead atoms. The smallest absolute Gasteiger partial charge is 0.251 e. The minimum absolute atomic E-state index is 0.0101. The number of amides is 1. The first-order chi connectivity index (χ1) is 17.1. The van der Waals surface area contributed by atoms with E-state index >= 15 is 0 Å². The molecule has 0 aromatic heterocycles. The van der Waals surface area contributed by atoms with Crippen molar-refractivity contribution in [2.75, 3.05) is 13.1 Å². The van der Waals surface area contributed by atoms with Crippen LogP contribution in [0.4, 0.5) is 0 Å². The number of rotatable bonds is 11. The zero-order chi connectivity index (χ0) is 26.3. The summed E-state index contributed by atoms with van der Waals surface area (Å²) in [5.74, 6) is -0.0780. The van der Waals surface area contributed by atoms with Crippen molar-refractivity contribution in [1.29, 1.82) is 0 Å². The van der Waals surface area contributed by atoms with Crippen LogP contribution in [0, 0.1) is 13.8 Å². The highest BCUT2D eigenvalue weighted by molar-refractivity contribution is 5.94. The number of aliphatic hydroxyl groups excluding tert-OH is 2. The second kappa shape index (κ2) is 12.2. The van der Waals surface area contributed by atoms with Gasteiger partial charge in [0.05, 0.1) is 12.7 Å². The molecule has 0 unspecified atom stereocenters. The Bertz CT molecular complexity index is 1190. The first-order valence-electron chi connectivity index (χ1n) is 12.4. The average molecular weight is 491 g/mol. The minimum Gasteiger partial charge on any atom is -0.508 e. The molecule has 6 nitrogen and oxygen atoms in total. The molecule has 0 aliphatic carbocycles. The fraction of sp³-hybridized carbons (Fsp3) is 0.367. The summed E-state index contributed by atoms with van der Waals surface area (Å²) < 4.78 is 0. The van der Waals surface area contributed by atoms with Gasteiger partial charge in [0.1, 0.15) is 5.75 Å². The molecular weight excluding hydrogens is 452 g/mol. The molecule has 5 N–H and O–H groups in total. The number of carbonyl (C=O) groups excluding carboxylic acids is 1. The third-order valence-electron chi connectivity index (χ3n) is 6.45. The summed E-state index contributed by atoms with van der Waals surface area (Å²) in [6.07, 6.45) is 0.669. The molecule has 0 radical (unpaired) electrons. The van der Waals surface area contributed by atoms with Gasteiger partial charge in [0.25, 0.3) is 5.91 Å². The summed E-state index contributed by atoms with van der Waals surface area (Å²) >= 11 is 0. The summed E-state index contributed by atoms with van der Waals surface area (Å²) in [4.78, 5) is 12.7. The number of hydrogen-bond donors (Lipinski definition) is 5. The predicted octanol–water partition coefficient (Wildman–Crippen LogP) is 4.12. The number of aromatic hydroxyl groups is 1. The zero-order valence-electron chi connectivity index (χ0n) is 21.6. The summed E-state index contributed by atoms with van der Waals surface area (Å²) in [5, 5.41) is 36.1. The molecule has 0 saturated heterocycles. The highest BCUT2D eigenvalue weighted by Crippen LogP contribution is 2.23. The van der Waals surface area contributed by atoms with E-state index in [9.17, 15) is 20.1 Å². The highest BCUT2D eigenvalue weighted by Gasteiger charge is 2.21. The van der Waals surface area contributed by atoms with E-state index in [-0.39, 0.29) is 23.8 Å². The number of hydrogen-bond acceptors (Lipinski definition) is 5. The Hall–Kier alpha value is -3.19. The number of carbonyl (C=O) groups is 1. The van der Waals surface area contributed by atoms with Crippen LogP contribution in [0.1, 0.15) is 63.7 Å². The minimum atomic E-state index is -0.788. The van der Waals surface area contributed by atoms with Crippen molar-refractivity contribution in [3.63, 3.8) is 0 Å². The fourth-order valence-corrected chi connectivity index (χ4v) is 4.36. The molecule has 3 aromatic rings. The van der Waals surface area contributed by atoms with Crippen molar-refractivity contribution < 1.29 is 20.1 Å². The van der Waals surface area contributed by atoms with Gasteiger partial charge in [0.2, 0.25) is 0 Å². The lowest BCUT2D eigenvalue weighted by Crippen LogP contribution is -2.43. The molecule has 192 valence electrons. The normalized spacial score (nSPS) is 12.4. The van der Waals surface area contributed by atoms with Gasteiger partial charge >= 0.3 is 0 Å². The van der Waals surface area contributed by atoms with Crippen LogP contribution in [0.25, 0.3) is 0 Å². The Labute approximate surface area is 214 Å². The van der Waals surface area contributed by atoms with E-state index in [1.165, 1.54) is 22.8 Å². The van der Waals surface area contributed by atoms with Crippen LogP contribution in [0.2, 0.25) is 0 Å². The van der Waals surface area contributed by atoms with Gasteiger partial charge in [-0.2, -0.15) is 0 Å². The molecule has 1 atom stereocenters.